The van der Waals surface area contributed by atoms with Crippen LogP contribution >= 0.6 is 0 Å². The lowest BCUT2D eigenvalue weighted by Gasteiger charge is -2.24. The summed E-state index contributed by atoms with van der Waals surface area (Å²) in [4.78, 5) is 5.25. The zero-order chi connectivity index (χ0) is 40.5. The Kier molecular flexibility index (Phi) is 9.25. The lowest BCUT2D eigenvalue weighted by Crippen LogP contribution is -2.31. The fourth-order valence-electron chi connectivity index (χ4n) is 8.77. The number of hydrogen-bond donors (Lipinski definition) is 1. The third-order valence-electron chi connectivity index (χ3n) is 11.8. The summed E-state index contributed by atoms with van der Waals surface area (Å²) in [6.45, 7) is 0. The van der Waals surface area contributed by atoms with E-state index in [0.29, 0.717) is 0 Å². The topological polar surface area (TPSA) is 29.3 Å². The molecular weight excluding hydrogens is 739 g/mol. The zero-order valence-electron chi connectivity index (χ0n) is 33.5. The molecule has 1 aliphatic rings. The van der Waals surface area contributed by atoms with Gasteiger partial charge < -0.3 is 9.88 Å². The first-order chi connectivity index (χ1) is 30.2. The first kappa shape index (κ1) is 36.1. The molecule has 3 nitrogen and oxygen atoms in total. The van der Waals surface area contributed by atoms with Gasteiger partial charge in [0, 0.05) is 27.6 Å². The van der Waals surface area contributed by atoms with Crippen molar-refractivity contribution in [3.63, 3.8) is 0 Å². The van der Waals surface area contributed by atoms with Crippen LogP contribution in [-0.2, 0) is 0 Å². The number of aliphatic imine (C=N–C) groups is 1. The summed E-state index contributed by atoms with van der Waals surface area (Å²) >= 11 is 0. The molecule has 1 N–H and O–H groups in total. The lowest BCUT2D eigenvalue weighted by atomic mass is 9.93. The van der Waals surface area contributed by atoms with Crippen molar-refractivity contribution in [2.45, 2.75) is 6.04 Å². The van der Waals surface area contributed by atoms with Crippen molar-refractivity contribution in [2.75, 3.05) is 0 Å². The first-order valence-electron chi connectivity index (χ1n) is 20.9. The molecule has 1 aromatic heterocycles. The van der Waals surface area contributed by atoms with Crippen molar-refractivity contribution in [2.24, 2.45) is 4.99 Å². The van der Waals surface area contributed by atoms with E-state index in [1.807, 2.05) is 6.07 Å². The van der Waals surface area contributed by atoms with E-state index in [9.17, 15) is 0 Å². The van der Waals surface area contributed by atoms with Crippen LogP contribution in [0.2, 0.25) is 0 Å². The Morgan fingerprint density at radius 1 is 0.344 bits per heavy atom. The van der Waals surface area contributed by atoms with Crippen LogP contribution in [0.1, 0.15) is 22.7 Å². The standard InChI is InChI=1S/C58H41N3/c1-6-17-40(18-7-1)45-29-31-56-52(37-45)53-38-46(50-34-48(41-19-8-2-9-20-41)33-49(35-50)42-21-10-3-11-22-42)30-32-57(53)61(56)51-28-16-27-47(36-51)55-39-54(43-23-12-4-13-24-43)59-58(60-55)44-25-14-5-15-26-44/h1-39,54H,(H,59,60). The van der Waals surface area contributed by atoms with Gasteiger partial charge >= 0.3 is 0 Å². The van der Waals surface area contributed by atoms with Crippen molar-refractivity contribution < 1.29 is 0 Å². The highest BCUT2D eigenvalue weighted by molar-refractivity contribution is 6.12. The average Bonchev–Trinajstić information content (AvgIpc) is 3.68. The average molecular weight is 780 g/mol. The van der Waals surface area contributed by atoms with E-state index in [1.54, 1.807) is 0 Å². The molecular formula is C58H41N3. The molecule has 9 aromatic carbocycles. The summed E-state index contributed by atoms with van der Waals surface area (Å²) < 4.78 is 2.42. The maximum absolute atomic E-state index is 5.25. The molecule has 0 radical (unpaired) electrons. The minimum atomic E-state index is -0.0292. The van der Waals surface area contributed by atoms with Gasteiger partial charge in [-0.15, -0.1) is 0 Å². The molecule has 0 spiro atoms. The number of aromatic nitrogens is 1. The van der Waals surface area contributed by atoms with Gasteiger partial charge in [0.1, 0.15) is 5.84 Å². The third kappa shape index (κ3) is 7.03. The van der Waals surface area contributed by atoms with Crippen LogP contribution in [0.5, 0.6) is 0 Å². The van der Waals surface area contributed by atoms with Crippen LogP contribution in [0.3, 0.4) is 0 Å². The Bertz CT molecular complexity index is 3180. The van der Waals surface area contributed by atoms with Crippen LogP contribution < -0.4 is 5.32 Å². The number of fused-ring (bicyclic) bond motifs is 3. The van der Waals surface area contributed by atoms with E-state index in [4.69, 9.17) is 4.99 Å². The minimum Gasteiger partial charge on any atom is -0.359 e. The van der Waals surface area contributed by atoms with Gasteiger partial charge in [-0.3, -0.25) is 0 Å². The Labute approximate surface area is 356 Å². The summed E-state index contributed by atoms with van der Waals surface area (Å²) in [6.07, 6.45) is 2.25. The van der Waals surface area contributed by atoms with Gasteiger partial charge in [-0.25, -0.2) is 4.99 Å². The van der Waals surface area contributed by atoms with Crippen LogP contribution in [0.4, 0.5) is 0 Å². The number of hydrogen-bond acceptors (Lipinski definition) is 2. The van der Waals surface area contributed by atoms with Gasteiger partial charge in [0.05, 0.1) is 22.8 Å². The molecule has 11 rings (SSSR count). The molecule has 3 heteroatoms. The van der Waals surface area contributed by atoms with Gasteiger partial charge in [-0.1, -0.05) is 176 Å². The fourth-order valence-corrected chi connectivity index (χ4v) is 8.77. The molecule has 0 saturated carbocycles. The zero-order valence-corrected chi connectivity index (χ0v) is 33.5. The normalized spacial score (nSPS) is 13.7. The van der Waals surface area contributed by atoms with Crippen LogP contribution in [0.15, 0.2) is 242 Å². The second-order valence-electron chi connectivity index (χ2n) is 15.7. The molecule has 0 aliphatic carbocycles. The second-order valence-corrected chi connectivity index (χ2v) is 15.7. The summed E-state index contributed by atoms with van der Waals surface area (Å²) in [5.74, 6) is 0.863. The molecule has 288 valence electrons. The van der Waals surface area contributed by atoms with Crippen molar-refractivity contribution >= 4 is 33.3 Å². The van der Waals surface area contributed by atoms with Crippen molar-refractivity contribution in [1.82, 2.24) is 9.88 Å². The molecule has 0 bridgehead atoms. The highest BCUT2D eigenvalue weighted by atomic mass is 15.1. The Morgan fingerprint density at radius 2 is 0.787 bits per heavy atom. The molecule has 1 atom stereocenters. The van der Waals surface area contributed by atoms with Gasteiger partial charge in [-0.05, 0) is 111 Å². The van der Waals surface area contributed by atoms with Gasteiger partial charge in [0.25, 0.3) is 0 Å². The maximum atomic E-state index is 5.25. The molecule has 0 amide bonds. The predicted octanol–water partition coefficient (Wildman–Crippen LogP) is 14.6. The fraction of sp³-hybridized carbons (Fsp3) is 0.0172. The van der Waals surface area contributed by atoms with Crippen LogP contribution in [0, 0.1) is 0 Å². The number of nitrogens with one attached hydrogen (secondary N) is 1. The number of rotatable bonds is 8. The first-order valence-corrected chi connectivity index (χ1v) is 20.9. The molecule has 10 aromatic rings. The number of amidine groups is 1. The summed E-state index contributed by atoms with van der Waals surface area (Å²) in [6, 6.07) is 82.7. The summed E-state index contributed by atoms with van der Waals surface area (Å²) in [5, 5.41) is 6.12. The molecule has 0 fully saturated rings. The van der Waals surface area contributed by atoms with E-state index in [2.05, 4.69) is 240 Å². The molecule has 1 unspecified atom stereocenters. The summed E-state index contributed by atoms with van der Waals surface area (Å²) in [7, 11) is 0. The molecule has 61 heavy (non-hydrogen) atoms. The summed E-state index contributed by atoms with van der Waals surface area (Å²) in [5.41, 5.74) is 17.2. The molecule has 0 saturated heterocycles. The SMILES string of the molecule is C1=C(c2cccc(-n3c4ccc(-c5ccccc5)cc4c4cc(-c5cc(-c6ccccc6)cc(-c6ccccc6)c5)ccc43)c2)N=C(c2ccccc2)NC1c1ccccc1. The van der Waals surface area contributed by atoms with Gasteiger partial charge in [0.2, 0.25) is 0 Å². The Hall–Kier alpha value is -8.01. The van der Waals surface area contributed by atoms with E-state index in [1.165, 1.54) is 60.8 Å². The third-order valence-corrected chi connectivity index (χ3v) is 11.8. The van der Waals surface area contributed by atoms with Crippen molar-refractivity contribution in [3.8, 4) is 50.2 Å². The number of benzene rings is 9. The highest BCUT2D eigenvalue weighted by Crippen LogP contribution is 2.40. The highest BCUT2D eigenvalue weighted by Gasteiger charge is 2.21. The van der Waals surface area contributed by atoms with Gasteiger partial charge in [0.15, 0.2) is 0 Å². The van der Waals surface area contributed by atoms with E-state index in [0.717, 1.165) is 39.4 Å². The smallest absolute Gasteiger partial charge is 0.134 e. The van der Waals surface area contributed by atoms with Crippen molar-refractivity contribution in [3.05, 3.63) is 253 Å². The quantitative estimate of drug-likeness (QED) is 0.164. The number of nitrogens with zero attached hydrogens (tertiary/aromatic N) is 2. The second kappa shape index (κ2) is 15.6. The monoisotopic (exact) mass is 779 g/mol. The minimum absolute atomic E-state index is 0.0292. The lowest BCUT2D eigenvalue weighted by molar-refractivity contribution is 0.781. The van der Waals surface area contributed by atoms with Crippen molar-refractivity contribution in [1.29, 1.82) is 0 Å². The van der Waals surface area contributed by atoms with Crippen LogP contribution in [-0.4, -0.2) is 10.4 Å². The Balaban J connectivity index is 1.09. The van der Waals surface area contributed by atoms with E-state index in [-0.39, 0.29) is 6.04 Å². The van der Waals surface area contributed by atoms with E-state index >= 15 is 0 Å². The predicted molar refractivity (Wildman–Crippen MR) is 256 cm³/mol. The largest absolute Gasteiger partial charge is 0.359 e. The van der Waals surface area contributed by atoms with Crippen LogP contribution in [0.25, 0.3) is 77.7 Å². The molecule has 2 heterocycles. The Morgan fingerprint density at radius 3 is 1.33 bits per heavy atom. The van der Waals surface area contributed by atoms with Gasteiger partial charge in [-0.2, -0.15) is 0 Å². The maximum Gasteiger partial charge on any atom is 0.134 e. The molecule has 1 aliphatic heterocycles. The van der Waals surface area contributed by atoms with E-state index < -0.39 is 0 Å².